The normalized spacial score (nSPS) is 8.39. The van der Waals surface area contributed by atoms with E-state index in [1.54, 1.807) is 24.3 Å². The van der Waals surface area contributed by atoms with Gasteiger partial charge in [0.2, 0.25) is 0 Å². The summed E-state index contributed by atoms with van der Waals surface area (Å²) in [5.41, 5.74) is 0.229. The third-order valence-electron chi connectivity index (χ3n) is 1.83. The van der Waals surface area contributed by atoms with Crippen LogP contribution in [0.25, 0.3) is 0 Å². The number of halogens is 2. The Labute approximate surface area is 130 Å². The van der Waals surface area contributed by atoms with Crippen LogP contribution in [0.1, 0.15) is 36.5 Å². The van der Waals surface area contributed by atoms with Gasteiger partial charge in [0.25, 0.3) is 0 Å². The van der Waals surface area contributed by atoms with E-state index < -0.39 is 0 Å². The number of unbranched alkanes of at least 4 members (excludes halogenated alkanes) is 1. The van der Waals surface area contributed by atoms with Crippen LogP contribution in [-0.4, -0.2) is 5.78 Å². The van der Waals surface area contributed by atoms with E-state index in [1.165, 1.54) is 6.42 Å². The molecule has 0 saturated carbocycles. The Kier molecular flexibility index (Phi) is 12.9. The van der Waals surface area contributed by atoms with E-state index in [2.05, 4.69) is 13.8 Å². The summed E-state index contributed by atoms with van der Waals surface area (Å²) < 4.78 is 0. The molecule has 0 aliphatic rings. The summed E-state index contributed by atoms with van der Waals surface area (Å²) in [6.07, 6.45) is 2.07. The average molecular weight is 278 g/mol. The van der Waals surface area contributed by atoms with Gasteiger partial charge in [-0.2, -0.15) is 11.7 Å². The summed E-state index contributed by atoms with van der Waals surface area (Å²) in [4.78, 5) is 11.3. The molecule has 1 aromatic rings. The number of Topliss-reactive ketones (excluding diaryl/α,β-unsaturated/α-hetero) is 1. The molecule has 0 unspecified atom stereocenters. The molecule has 0 radical (unpaired) electrons. The van der Waals surface area contributed by atoms with Gasteiger partial charge in [-0.15, -0.1) is 0 Å². The summed E-state index contributed by atoms with van der Waals surface area (Å²) in [7, 11) is 0. The van der Waals surface area contributed by atoms with Gasteiger partial charge in [0.1, 0.15) is 0 Å². The van der Waals surface area contributed by atoms with Crippen LogP contribution in [0, 0.1) is 18.3 Å². The summed E-state index contributed by atoms with van der Waals surface area (Å²) in [6.45, 7) is 5.72. The minimum atomic E-state index is -0.349. The monoisotopic (exact) mass is 277 g/mol. The molecule has 0 atom stereocenters. The van der Waals surface area contributed by atoms with Crippen LogP contribution >= 0.6 is 23.2 Å². The van der Waals surface area contributed by atoms with Gasteiger partial charge in [0.15, 0.2) is 5.78 Å². The standard InChI is InChI=1S/C9H5Cl2NO.C4H9.Li/c10-6-2-1-3-7(11)9(6)8(13)4-5-12;1-3-4-2;/h1-3H,4H2;1,3-4H2,2H3;/q;-1;+1. The molecule has 0 aliphatic heterocycles. The Morgan fingerprint density at radius 3 is 2.17 bits per heavy atom. The van der Waals surface area contributed by atoms with Crippen LogP contribution in [-0.2, 0) is 0 Å². The maximum absolute atomic E-state index is 11.3. The molecule has 0 heterocycles. The first-order chi connectivity index (χ1) is 8.08. The van der Waals surface area contributed by atoms with Gasteiger partial charge in [0.05, 0.1) is 28.1 Å². The van der Waals surface area contributed by atoms with Gasteiger partial charge in [-0.1, -0.05) is 42.6 Å². The second-order valence-corrected chi connectivity index (χ2v) is 4.02. The van der Waals surface area contributed by atoms with Gasteiger partial charge in [-0.25, -0.2) is 0 Å². The molecule has 18 heavy (non-hydrogen) atoms. The van der Waals surface area contributed by atoms with Crippen molar-refractivity contribution in [1.29, 1.82) is 5.26 Å². The van der Waals surface area contributed by atoms with Crippen LogP contribution in [0.5, 0.6) is 0 Å². The Balaban J connectivity index is 0. The summed E-state index contributed by atoms with van der Waals surface area (Å²) in [5, 5.41) is 8.89. The fourth-order valence-corrected chi connectivity index (χ4v) is 1.53. The van der Waals surface area contributed by atoms with E-state index in [9.17, 15) is 4.79 Å². The fourth-order valence-electron chi connectivity index (χ4n) is 0.924. The third kappa shape index (κ3) is 7.09. The maximum atomic E-state index is 11.3. The predicted molar refractivity (Wildman–Crippen MR) is 71.3 cm³/mol. The molecule has 0 fully saturated rings. The largest absolute Gasteiger partial charge is 1.00 e. The molecule has 0 bridgehead atoms. The van der Waals surface area contributed by atoms with E-state index in [-0.39, 0.29) is 46.7 Å². The number of nitriles is 1. The van der Waals surface area contributed by atoms with Crippen molar-refractivity contribution in [1.82, 2.24) is 0 Å². The van der Waals surface area contributed by atoms with Crippen molar-refractivity contribution >= 4 is 29.0 Å². The topological polar surface area (TPSA) is 40.9 Å². The first-order valence-electron chi connectivity index (χ1n) is 5.21. The summed E-state index contributed by atoms with van der Waals surface area (Å²) >= 11 is 11.5. The average Bonchev–Trinajstić information content (AvgIpc) is 2.29. The zero-order valence-electron chi connectivity index (χ0n) is 10.7. The van der Waals surface area contributed by atoms with E-state index in [4.69, 9.17) is 28.5 Å². The van der Waals surface area contributed by atoms with Gasteiger partial charge >= 0.3 is 18.9 Å². The van der Waals surface area contributed by atoms with Gasteiger partial charge in [-0.3, -0.25) is 4.79 Å². The SMILES string of the molecule is N#CCC(=O)c1c(Cl)cccc1Cl.[CH2-]CCC.[Li+]. The summed E-state index contributed by atoms with van der Waals surface area (Å²) in [6, 6.07) is 6.54. The number of carbonyl (C=O) groups is 1. The third-order valence-corrected chi connectivity index (χ3v) is 2.46. The molecule has 92 valence electrons. The molecule has 0 saturated heterocycles. The number of carbonyl (C=O) groups excluding carboxylic acids is 1. The van der Waals surface area contributed by atoms with E-state index in [1.807, 2.05) is 0 Å². The first-order valence-corrected chi connectivity index (χ1v) is 5.97. The van der Waals surface area contributed by atoms with Crippen LogP contribution in [0.2, 0.25) is 10.0 Å². The zero-order chi connectivity index (χ0) is 13.3. The number of benzene rings is 1. The Morgan fingerprint density at radius 2 is 1.83 bits per heavy atom. The molecule has 0 aromatic heterocycles. The molecule has 2 nitrogen and oxygen atoms in total. The molecular weight excluding hydrogens is 264 g/mol. The van der Waals surface area contributed by atoms with Crippen molar-refractivity contribution in [2.75, 3.05) is 0 Å². The van der Waals surface area contributed by atoms with E-state index in [0.717, 1.165) is 6.42 Å². The van der Waals surface area contributed by atoms with Crippen molar-refractivity contribution in [2.24, 2.45) is 0 Å². The van der Waals surface area contributed by atoms with Gasteiger partial charge in [-0.05, 0) is 12.1 Å². The Bertz CT molecular complexity index is 394. The fraction of sp³-hybridized carbons (Fsp3) is 0.308. The molecule has 0 N–H and O–H groups in total. The van der Waals surface area contributed by atoms with Gasteiger partial charge < -0.3 is 6.92 Å². The molecule has 1 rings (SSSR count). The Morgan fingerprint density at radius 1 is 1.39 bits per heavy atom. The smallest absolute Gasteiger partial charge is 0.343 e. The number of rotatable bonds is 3. The van der Waals surface area contributed by atoms with Gasteiger partial charge in [0, 0.05) is 0 Å². The molecule has 0 spiro atoms. The van der Waals surface area contributed by atoms with Crippen LogP contribution in [0.15, 0.2) is 18.2 Å². The molecule has 0 aliphatic carbocycles. The molecular formula is C13H14Cl2LiNO. The second kappa shape index (κ2) is 11.6. The van der Waals surface area contributed by atoms with Crippen molar-refractivity contribution in [2.45, 2.75) is 26.2 Å². The molecule has 5 heteroatoms. The maximum Gasteiger partial charge on any atom is 1.00 e. The van der Waals surface area contributed by atoms with Crippen LogP contribution in [0.4, 0.5) is 0 Å². The van der Waals surface area contributed by atoms with Crippen LogP contribution < -0.4 is 18.9 Å². The quantitative estimate of drug-likeness (QED) is 0.480. The number of hydrogen-bond acceptors (Lipinski definition) is 2. The molecule has 0 amide bonds. The number of ketones is 1. The van der Waals surface area contributed by atoms with Crippen LogP contribution in [0.3, 0.4) is 0 Å². The number of nitrogens with zero attached hydrogens (tertiary/aromatic N) is 1. The minimum absolute atomic E-state index is 0. The number of hydrogen-bond donors (Lipinski definition) is 0. The van der Waals surface area contributed by atoms with Crippen molar-refractivity contribution in [3.63, 3.8) is 0 Å². The molecule has 1 aromatic carbocycles. The first kappa shape index (κ1) is 19.9. The van der Waals surface area contributed by atoms with E-state index >= 15 is 0 Å². The van der Waals surface area contributed by atoms with Crippen molar-refractivity contribution in [3.05, 3.63) is 40.7 Å². The Hall–Kier alpha value is -0.443. The van der Waals surface area contributed by atoms with Crippen molar-refractivity contribution < 1.29 is 23.7 Å². The minimum Gasteiger partial charge on any atom is -0.343 e. The zero-order valence-corrected chi connectivity index (χ0v) is 12.2. The van der Waals surface area contributed by atoms with E-state index in [0.29, 0.717) is 0 Å². The predicted octanol–water partition coefficient (Wildman–Crippen LogP) is 1.71. The van der Waals surface area contributed by atoms with Crippen molar-refractivity contribution in [3.8, 4) is 6.07 Å². The summed E-state index contributed by atoms with van der Waals surface area (Å²) in [5.74, 6) is -0.349. The second-order valence-electron chi connectivity index (χ2n) is 3.21.